The lowest BCUT2D eigenvalue weighted by Crippen LogP contribution is -2.22. The molecule has 76 valence electrons. The van der Waals surface area contributed by atoms with E-state index in [1.165, 1.54) is 7.11 Å². The number of carbonyl (C=O) groups excluding carboxylic acids is 1. The van der Waals surface area contributed by atoms with Crippen molar-refractivity contribution in [1.29, 1.82) is 0 Å². The van der Waals surface area contributed by atoms with E-state index in [0.717, 1.165) is 11.3 Å². The average molecular weight is 195 g/mol. The highest BCUT2D eigenvalue weighted by Crippen LogP contribution is 2.11. The Bertz CT molecular complexity index is 432. The largest absolute Gasteiger partial charge is 0.465 e. The standard InChI is InChI=1S/C10H13NO3/c1-5-6(2)8(10(13)14-4)9(12)11-7(5)3/h1-4H3,(H,11,12). The molecule has 0 amide bonds. The van der Waals surface area contributed by atoms with Gasteiger partial charge in [-0.25, -0.2) is 4.79 Å². The molecule has 0 aromatic carbocycles. The first-order valence-corrected chi connectivity index (χ1v) is 4.27. The molecule has 1 heterocycles. The number of aromatic amines is 1. The number of ether oxygens (including phenoxy) is 1. The minimum Gasteiger partial charge on any atom is -0.465 e. The summed E-state index contributed by atoms with van der Waals surface area (Å²) in [5.41, 5.74) is 2.07. The van der Waals surface area contributed by atoms with Crippen molar-refractivity contribution in [3.05, 3.63) is 32.7 Å². The maximum absolute atomic E-state index is 11.5. The second kappa shape index (κ2) is 3.65. The number of rotatable bonds is 1. The molecule has 4 heteroatoms. The molecule has 14 heavy (non-hydrogen) atoms. The molecule has 0 radical (unpaired) electrons. The number of H-pyrrole nitrogens is 1. The fraction of sp³-hybridized carbons (Fsp3) is 0.400. The zero-order chi connectivity index (χ0) is 10.9. The number of hydrogen-bond donors (Lipinski definition) is 1. The Morgan fingerprint density at radius 1 is 1.21 bits per heavy atom. The molecule has 0 atom stereocenters. The van der Waals surface area contributed by atoms with Crippen LogP contribution in [0.3, 0.4) is 0 Å². The lowest BCUT2D eigenvalue weighted by molar-refractivity contribution is 0.0597. The fourth-order valence-electron chi connectivity index (χ4n) is 1.31. The summed E-state index contributed by atoms with van der Waals surface area (Å²) in [5, 5.41) is 0. The molecule has 0 spiro atoms. The number of pyridine rings is 1. The van der Waals surface area contributed by atoms with Gasteiger partial charge in [0.1, 0.15) is 5.56 Å². The van der Waals surface area contributed by atoms with Gasteiger partial charge >= 0.3 is 5.97 Å². The summed E-state index contributed by atoms with van der Waals surface area (Å²) in [6, 6.07) is 0. The van der Waals surface area contributed by atoms with E-state index in [2.05, 4.69) is 9.72 Å². The number of hydrogen-bond acceptors (Lipinski definition) is 3. The molecule has 0 aliphatic rings. The third-order valence-electron chi connectivity index (χ3n) is 2.42. The number of carbonyl (C=O) groups is 1. The van der Waals surface area contributed by atoms with Crippen LogP contribution in [-0.2, 0) is 4.74 Å². The number of methoxy groups -OCH3 is 1. The van der Waals surface area contributed by atoms with E-state index >= 15 is 0 Å². The van der Waals surface area contributed by atoms with Crippen LogP contribution >= 0.6 is 0 Å². The summed E-state index contributed by atoms with van der Waals surface area (Å²) in [6.07, 6.45) is 0. The van der Waals surface area contributed by atoms with Gasteiger partial charge in [0.25, 0.3) is 5.56 Å². The summed E-state index contributed by atoms with van der Waals surface area (Å²) in [6.45, 7) is 5.39. The lowest BCUT2D eigenvalue weighted by atomic mass is 10.0. The first-order valence-electron chi connectivity index (χ1n) is 4.27. The van der Waals surface area contributed by atoms with Gasteiger partial charge in [0.05, 0.1) is 7.11 Å². The van der Waals surface area contributed by atoms with Gasteiger partial charge in [-0.1, -0.05) is 0 Å². The Balaban J connectivity index is 3.52. The van der Waals surface area contributed by atoms with Crippen LogP contribution in [0.15, 0.2) is 4.79 Å². The molecule has 0 aliphatic heterocycles. The highest BCUT2D eigenvalue weighted by Gasteiger charge is 2.16. The monoisotopic (exact) mass is 195 g/mol. The van der Waals surface area contributed by atoms with Gasteiger partial charge in [0, 0.05) is 5.69 Å². The maximum atomic E-state index is 11.5. The third kappa shape index (κ3) is 1.55. The molecular formula is C10H13NO3. The zero-order valence-electron chi connectivity index (χ0n) is 8.72. The molecule has 0 unspecified atom stereocenters. The van der Waals surface area contributed by atoms with Gasteiger partial charge in [0.15, 0.2) is 0 Å². The van der Waals surface area contributed by atoms with Crippen LogP contribution in [-0.4, -0.2) is 18.1 Å². The molecule has 0 fully saturated rings. The van der Waals surface area contributed by atoms with Crippen LogP contribution in [0.25, 0.3) is 0 Å². The second-order valence-corrected chi connectivity index (χ2v) is 3.20. The van der Waals surface area contributed by atoms with Gasteiger partial charge in [-0.3, -0.25) is 4.79 Å². The van der Waals surface area contributed by atoms with Crippen molar-refractivity contribution in [3.63, 3.8) is 0 Å². The Morgan fingerprint density at radius 3 is 2.29 bits per heavy atom. The lowest BCUT2D eigenvalue weighted by Gasteiger charge is -2.08. The van der Waals surface area contributed by atoms with Gasteiger partial charge < -0.3 is 9.72 Å². The van der Waals surface area contributed by atoms with Crippen molar-refractivity contribution >= 4 is 5.97 Å². The van der Waals surface area contributed by atoms with E-state index < -0.39 is 11.5 Å². The minimum absolute atomic E-state index is 0.0931. The van der Waals surface area contributed by atoms with Crippen molar-refractivity contribution in [3.8, 4) is 0 Å². The van der Waals surface area contributed by atoms with E-state index in [9.17, 15) is 9.59 Å². The number of nitrogens with one attached hydrogen (secondary N) is 1. The van der Waals surface area contributed by atoms with Crippen molar-refractivity contribution in [2.24, 2.45) is 0 Å². The number of esters is 1. The van der Waals surface area contributed by atoms with E-state index in [4.69, 9.17) is 0 Å². The van der Waals surface area contributed by atoms with Gasteiger partial charge in [-0.2, -0.15) is 0 Å². The predicted octanol–water partition coefficient (Wildman–Crippen LogP) is 1.09. The van der Waals surface area contributed by atoms with Crippen LogP contribution in [0.4, 0.5) is 0 Å². The SMILES string of the molecule is COC(=O)c1c(C)c(C)c(C)[nH]c1=O. The minimum atomic E-state index is -0.591. The van der Waals surface area contributed by atoms with E-state index in [-0.39, 0.29) is 5.56 Å². The van der Waals surface area contributed by atoms with Crippen LogP contribution < -0.4 is 5.56 Å². The highest BCUT2D eigenvalue weighted by atomic mass is 16.5. The third-order valence-corrected chi connectivity index (χ3v) is 2.42. The first kappa shape index (κ1) is 10.5. The molecule has 0 bridgehead atoms. The summed E-state index contributed by atoms with van der Waals surface area (Å²) in [4.78, 5) is 25.3. The van der Waals surface area contributed by atoms with Gasteiger partial charge in [-0.05, 0) is 31.9 Å². The van der Waals surface area contributed by atoms with Crippen molar-refractivity contribution in [1.82, 2.24) is 4.98 Å². The van der Waals surface area contributed by atoms with Gasteiger partial charge in [-0.15, -0.1) is 0 Å². The van der Waals surface area contributed by atoms with E-state index in [1.54, 1.807) is 13.8 Å². The highest BCUT2D eigenvalue weighted by molar-refractivity contribution is 5.90. The smallest absolute Gasteiger partial charge is 0.343 e. The van der Waals surface area contributed by atoms with Crippen LogP contribution in [0.1, 0.15) is 27.2 Å². The molecule has 1 N–H and O–H groups in total. The van der Waals surface area contributed by atoms with E-state index in [1.807, 2.05) is 6.92 Å². The van der Waals surface area contributed by atoms with Crippen LogP contribution in [0.5, 0.6) is 0 Å². The fourth-order valence-corrected chi connectivity index (χ4v) is 1.31. The second-order valence-electron chi connectivity index (χ2n) is 3.20. The van der Waals surface area contributed by atoms with Crippen molar-refractivity contribution in [2.75, 3.05) is 7.11 Å². The molecule has 0 saturated carbocycles. The Morgan fingerprint density at radius 2 is 1.79 bits per heavy atom. The summed E-state index contributed by atoms with van der Waals surface area (Å²) in [7, 11) is 1.26. The molecule has 4 nitrogen and oxygen atoms in total. The first-order chi connectivity index (χ1) is 6.49. The molecular weight excluding hydrogens is 182 g/mol. The Kier molecular flexibility index (Phi) is 2.74. The Labute approximate surface area is 81.9 Å². The number of aromatic nitrogens is 1. The quantitative estimate of drug-likeness (QED) is 0.682. The molecule has 0 aliphatic carbocycles. The van der Waals surface area contributed by atoms with Crippen LogP contribution in [0.2, 0.25) is 0 Å². The summed E-state index contributed by atoms with van der Waals surface area (Å²) < 4.78 is 4.53. The van der Waals surface area contributed by atoms with Crippen molar-refractivity contribution in [2.45, 2.75) is 20.8 Å². The van der Waals surface area contributed by atoms with Crippen LogP contribution in [0, 0.1) is 20.8 Å². The van der Waals surface area contributed by atoms with E-state index in [0.29, 0.717) is 5.56 Å². The van der Waals surface area contributed by atoms with Gasteiger partial charge in [0.2, 0.25) is 0 Å². The Hall–Kier alpha value is -1.58. The molecule has 0 saturated heterocycles. The molecule has 1 rings (SSSR count). The summed E-state index contributed by atoms with van der Waals surface area (Å²) in [5.74, 6) is -0.591. The number of aryl methyl sites for hydroxylation is 1. The maximum Gasteiger partial charge on any atom is 0.343 e. The average Bonchev–Trinajstić information content (AvgIpc) is 2.14. The zero-order valence-corrected chi connectivity index (χ0v) is 8.72. The molecule has 1 aromatic heterocycles. The van der Waals surface area contributed by atoms with Crippen molar-refractivity contribution < 1.29 is 9.53 Å². The molecule has 1 aromatic rings. The topological polar surface area (TPSA) is 59.2 Å². The normalized spacial score (nSPS) is 10.0. The predicted molar refractivity (Wildman–Crippen MR) is 52.6 cm³/mol. The summed E-state index contributed by atoms with van der Waals surface area (Å²) >= 11 is 0.